The van der Waals surface area contributed by atoms with Crippen LogP contribution < -0.4 is 10.6 Å². The lowest BCUT2D eigenvalue weighted by Gasteiger charge is -2.11. The summed E-state index contributed by atoms with van der Waals surface area (Å²) in [6, 6.07) is 5.97. The highest BCUT2D eigenvalue weighted by Gasteiger charge is 1.99. The summed E-state index contributed by atoms with van der Waals surface area (Å²) >= 11 is 0. The van der Waals surface area contributed by atoms with Gasteiger partial charge in [-0.05, 0) is 31.0 Å². The molecule has 0 radical (unpaired) electrons. The van der Waals surface area contributed by atoms with Crippen LogP contribution in [0.2, 0.25) is 0 Å². The molecule has 6 nitrogen and oxygen atoms in total. The maximum Gasteiger partial charge on any atom is 0.190 e. The van der Waals surface area contributed by atoms with E-state index in [1.54, 1.807) is 7.05 Å². The van der Waals surface area contributed by atoms with Crippen molar-refractivity contribution in [2.45, 2.75) is 26.3 Å². The molecule has 0 spiro atoms. The van der Waals surface area contributed by atoms with Gasteiger partial charge in [-0.15, -0.1) is 0 Å². The SMILES string of the molecule is CN=C(NCCCn1cc(C)cn1)NCCc1ccccn1. The Hall–Kier alpha value is -2.37. The third kappa shape index (κ3) is 5.55. The Morgan fingerprint density at radius 2 is 2.14 bits per heavy atom. The number of nitrogens with zero attached hydrogens (tertiary/aromatic N) is 4. The van der Waals surface area contributed by atoms with Crippen LogP contribution >= 0.6 is 0 Å². The molecule has 0 saturated carbocycles. The number of aliphatic imine (C=N–C) groups is 1. The van der Waals surface area contributed by atoms with Crippen molar-refractivity contribution >= 4 is 5.96 Å². The Labute approximate surface area is 131 Å². The maximum absolute atomic E-state index is 4.30. The van der Waals surface area contributed by atoms with Crippen LogP contribution in [-0.2, 0) is 13.0 Å². The highest BCUT2D eigenvalue weighted by Crippen LogP contribution is 1.95. The number of guanidine groups is 1. The Morgan fingerprint density at radius 3 is 2.82 bits per heavy atom. The molecule has 118 valence electrons. The van der Waals surface area contributed by atoms with E-state index in [0.717, 1.165) is 44.1 Å². The van der Waals surface area contributed by atoms with E-state index in [0.29, 0.717) is 0 Å². The van der Waals surface area contributed by atoms with Crippen LogP contribution in [0.3, 0.4) is 0 Å². The number of rotatable bonds is 7. The molecule has 0 unspecified atom stereocenters. The summed E-state index contributed by atoms with van der Waals surface area (Å²) < 4.78 is 1.97. The Kier molecular flexibility index (Phi) is 6.41. The second-order valence-corrected chi connectivity index (χ2v) is 5.13. The Bertz CT molecular complexity index is 575. The van der Waals surface area contributed by atoms with Crippen LogP contribution in [0.4, 0.5) is 0 Å². The number of aryl methyl sites for hydroxylation is 2. The van der Waals surface area contributed by atoms with Crippen molar-refractivity contribution in [3.63, 3.8) is 0 Å². The van der Waals surface area contributed by atoms with Gasteiger partial charge in [0.25, 0.3) is 0 Å². The normalized spacial score (nSPS) is 11.5. The molecule has 0 amide bonds. The molecule has 0 aliphatic rings. The molecule has 22 heavy (non-hydrogen) atoms. The van der Waals surface area contributed by atoms with E-state index in [1.165, 1.54) is 5.56 Å². The zero-order valence-corrected chi connectivity index (χ0v) is 13.3. The van der Waals surface area contributed by atoms with Crippen molar-refractivity contribution in [1.29, 1.82) is 0 Å². The summed E-state index contributed by atoms with van der Waals surface area (Å²) in [6.45, 7) is 4.64. The molecule has 2 aromatic heterocycles. The summed E-state index contributed by atoms with van der Waals surface area (Å²) in [5.74, 6) is 0.826. The molecule has 2 rings (SSSR count). The second kappa shape index (κ2) is 8.81. The zero-order chi connectivity index (χ0) is 15.6. The van der Waals surface area contributed by atoms with Gasteiger partial charge in [0.1, 0.15) is 0 Å². The minimum atomic E-state index is 0.815. The van der Waals surface area contributed by atoms with E-state index in [1.807, 2.05) is 35.3 Å². The highest BCUT2D eigenvalue weighted by atomic mass is 15.3. The first-order valence-electron chi connectivity index (χ1n) is 7.61. The largest absolute Gasteiger partial charge is 0.356 e. The van der Waals surface area contributed by atoms with Gasteiger partial charge in [-0.3, -0.25) is 14.7 Å². The molecule has 0 bridgehead atoms. The third-order valence-electron chi connectivity index (χ3n) is 3.24. The van der Waals surface area contributed by atoms with Crippen molar-refractivity contribution in [3.05, 3.63) is 48.0 Å². The van der Waals surface area contributed by atoms with Crippen LogP contribution in [0, 0.1) is 6.92 Å². The molecule has 0 aliphatic heterocycles. The molecule has 2 N–H and O–H groups in total. The van der Waals surface area contributed by atoms with Gasteiger partial charge in [-0.25, -0.2) is 0 Å². The molecule has 0 aliphatic carbocycles. The van der Waals surface area contributed by atoms with Gasteiger partial charge >= 0.3 is 0 Å². The van der Waals surface area contributed by atoms with Crippen molar-refractivity contribution in [2.75, 3.05) is 20.1 Å². The summed E-state index contributed by atoms with van der Waals surface area (Å²) in [7, 11) is 1.78. The molecule has 2 aromatic rings. The number of pyridine rings is 1. The van der Waals surface area contributed by atoms with Gasteiger partial charge in [0.05, 0.1) is 6.20 Å². The number of hydrogen-bond acceptors (Lipinski definition) is 3. The predicted molar refractivity (Wildman–Crippen MR) is 88.9 cm³/mol. The molecule has 6 heteroatoms. The average Bonchev–Trinajstić information content (AvgIpc) is 2.96. The molecule has 0 fully saturated rings. The van der Waals surface area contributed by atoms with Crippen LogP contribution in [0.15, 0.2) is 41.8 Å². The zero-order valence-electron chi connectivity index (χ0n) is 13.3. The van der Waals surface area contributed by atoms with E-state index >= 15 is 0 Å². The summed E-state index contributed by atoms with van der Waals surface area (Å²) in [5, 5.41) is 10.9. The monoisotopic (exact) mass is 300 g/mol. The predicted octanol–water partition coefficient (Wildman–Crippen LogP) is 1.38. The molecule has 0 atom stereocenters. The fourth-order valence-electron chi connectivity index (χ4n) is 2.11. The Morgan fingerprint density at radius 1 is 1.27 bits per heavy atom. The van der Waals surface area contributed by atoms with E-state index in [9.17, 15) is 0 Å². The number of aromatic nitrogens is 3. The van der Waals surface area contributed by atoms with Crippen LogP contribution in [-0.4, -0.2) is 40.9 Å². The topological polar surface area (TPSA) is 67.1 Å². The third-order valence-corrected chi connectivity index (χ3v) is 3.24. The van der Waals surface area contributed by atoms with Gasteiger partial charge in [-0.2, -0.15) is 5.10 Å². The van der Waals surface area contributed by atoms with Crippen molar-refractivity contribution < 1.29 is 0 Å². The number of hydrogen-bond donors (Lipinski definition) is 2. The van der Waals surface area contributed by atoms with Gasteiger partial charge in [-0.1, -0.05) is 6.07 Å². The molecule has 0 saturated heterocycles. The highest BCUT2D eigenvalue weighted by molar-refractivity contribution is 5.79. The summed E-state index contributed by atoms with van der Waals surface area (Å²) in [6.07, 6.45) is 7.64. The average molecular weight is 300 g/mol. The lowest BCUT2D eigenvalue weighted by molar-refractivity contribution is 0.570. The van der Waals surface area contributed by atoms with Gasteiger partial charge in [0.2, 0.25) is 0 Å². The van der Waals surface area contributed by atoms with Gasteiger partial charge in [0.15, 0.2) is 5.96 Å². The minimum absolute atomic E-state index is 0.815. The lowest BCUT2D eigenvalue weighted by Crippen LogP contribution is -2.39. The fraction of sp³-hybridized carbons (Fsp3) is 0.438. The standard InChI is InChI=1S/C16H24N6/c1-14-12-21-22(13-14)11-5-9-19-16(17-2)20-10-7-15-6-3-4-8-18-15/h3-4,6,8,12-13H,5,7,9-11H2,1-2H3,(H2,17,19,20). The smallest absolute Gasteiger partial charge is 0.190 e. The molecule has 0 aromatic carbocycles. The summed E-state index contributed by atoms with van der Waals surface area (Å²) in [5.41, 5.74) is 2.28. The van der Waals surface area contributed by atoms with Crippen molar-refractivity contribution in [3.8, 4) is 0 Å². The van der Waals surface area contributed by atoms with Gasteiger partial charge in [0, 0.05) is 51.2 Å². The van der Waals surface area contributed by atoms with E-state index in [4.69, 9.17) is 0 Å². The van der Waals surface area contributed by atoms with Gasteiger partial charge < -0.3 is 10.6 Å². The fourth-order valence-corrected chi connectivity index (χ4v) is 2.11. The Balaban J connectivity index is 1.61. The van der Waals surface area contributed by atoms with Crippen LogP contribution in [0.5, 0.6) is 0 Å². The van der Waals surface area contributed by atoms with E-state index in [2.05, 4.69) is 38.8 Å². The van der Waals surface area contributed by atoms with Crippen molar-refractivity contribution in [1.82, 2.24) is 25.4 Å². The first-order valence-corrected chi connectivity index (χ1v) is 7.61. The van der Waals surface area contributed by atoms with Crippen LogP contribution in [0.1, 0.15) is 17.7 Å². The van der Waals surface area contributed by atoms with E-state index in [-0.39, 0.29) is 0 Å². The molecular weight excluding hydrogens is 276 g/mol. The quantitative estimate of drug-likeness (QED) is 0.460. The first kappa shape index (κ1) is 16.0. The number of nitrogens with one attached hydrogen (secondary N) is 2. The first-order chi connectivity index (χ1) is 10.8. The van der Waals surface area contributed by atoms with Crippen LogP contribution in [0.25, 0.3) is 0 Å². The summed E-state index contributed by atoms with van der Waals surface area (Å²) in [4.78, 5) is 8.52. The lowest BCUT2D eigenvalue weighted by atomic mass is 10.3. The minimum Gasteiger partial charge on any atom is -0.356 e. The van der Waals surface area contributed by atoms with Crippen molar-refractivity contribution in [2.24, 2.45) is 4.99 Å². The molecular formula is C16H24N6. The maximum atomic E-state index is 4.30. The second-order valence-electron chi connectivity index (χ2n) is 5.13. The van der Waals surface area contributed by atoms with E-state index < -0.39 is 0 Å². The molecule has 2 heterocycles.